The average Bonchev–Trinajstić information content (AvgIpc) is 3.06. The molecule has 23 heavy (non-hydrogen) atoms. The van der Waals surface area contributed by atoms with Crippen molar-refractivity contribution in [2.75, 3.05) is 0 Å². The number of thiazole rings is 1. The summed E-state index contributed by atoms with van der Waals surface area (Å²) in [7, 11) is 0. The van der Waals surface area contributed by atoms with E-state index in [0.29, 0.717) is 10.6 Å². The molecule has 1 heterocycles. The molecule has 0 amide bonds. The van der Waals surface area contributed by atoms with Crippen LogP contribution in [0.5, 0.6) is 5.75 Å². The molecule has 3 nitrogen and oxygen atoms in total. The minimum absolute atomic E-state index is 0.0166. The highest BCUT2D eigenvalue weighted by Crippen LogP contribution is 2.29. The highest BCUT2D eigenvalue weighted by molar-refractivity contribution is 7.11. The molecule has 0 unspecified atom stereocenters. The van der Waals surface area contributed by atoms with E-state index in [-0.39, 0.29) is 10.8 Å². The molecule has 0 aliphatic heterocycles. The quantitative estimate of drug-likeness (QED) is 0.665. The minimum Gasteiger partial charge on any atom is -0.506 e. The van der Waals surface area contributed by atoms with E-state index in [0.717, 1.165) is 16.8 Å². The lowest BCUT2D eigenvalue weighted by Crippen LogP contribution is -1.83. The number of hydrogen-bond donors (Lipinski definition) is 1. The van der Waals surface area contributed by atoms with E-state index in [4.69, 9.17) is 11.6 Å². The molecule has 0 aliphatic carbocycles. The van der Waals surface area contributed by atoms with Crippen molar-refractivity contribution < 1.29 is 5.11 Å². The Bertz CT molecular complexity index is 910. The van der Waals surface area contributed by atoms with E-state index >= 15 is 0 Å². The van der Waals surface area contributed by atoms with Gasteiger partial charge in [0.2, 0.25) is 0 Å². The first-order valence-corrected chi connectivity index (χ1v) is 8.05. The molecule has 1 aromatic heterocycles. The van der Waals surface area contributed by atoms with Crippen molar-refractivity contribution in [3.8, 4) is 23.1 Å². The first-order chi connectivity index (χ1) is 11.2. The number of rotatable bonds is 3. The average molecular weight is 339 g/mol. The van der Waals surface area contributed by atoms with Gasteiger partial charge in [0.1, 0.15) is 16.8 Å². The summed E-state index contributed by atoms with van der Waals surface area (Å²) in [4.78, 5) is 4.53. The summed E-state index contributed by atoms with van der Waals surface area (Å²) in [6.07, 6.45) is 1.71. The number of aromatic hydroxyl groups is 1. The number of benzene rings is 2. The number of allylic oxidation sites excluding steroid dienone is 1. The Kier molecular flexibility index (Phi) is 4.42. The lowest BCUT2D eigenvalue weighted by Gasteiger charge is -1.99. The molecule has 2 aromatic carbocycles. The van der Waals surface area contributed by atoms with Crippen LogP contribution in [-0.2, 0) is 0 Å². The molecule has 0 saturated carbocycles. The summed E-state index contributed by atoms with van der Waals surface area (Å²) in [6.45, 7) is 0. The van der Waals surface area contributed by atoms with Crippen LogP contribution in [0.1, 0.15) is 10.6 Å². The van der Waals surface area contributed by atoms with Crippen LogP contribution >= 0.6 is 22.9 Å². The lowest BCUT2D eigenvalue weighted by molar-refractivity contribution is 0.475. The largest absolute Gasteiger partial charge is 0.506 e. The second kappa shape index (κ2) is 6.66. The fourth-order valence-corrected chi connectivity index (χ4v) is 3.04. The highest BCUT2D eigenvalue weighted by atomic mass is 35.5. The van der Waals surface area contributed by atoms with Gasteiger partial charge in [0.25, 0.3) is 0 Å². The second-order valence-corrected chi connectivity index (χ2v) is 6.05. The van der Waals surface area contributed by atoms with Crippen molar-refractivity contribution in [1.82, 2.24) is 4.98 Å². The predicted molar refractivity (Wildman–Crippen MR) is 94.2 cm³/mol. The van der Waals surface area contributed by atoms with Crippen molar-refractivity contribution in [2.45, 2.75) is 0 Å². The number of phenolic OH excluding ortho intramolecular Hbond substituents is 1. The van der Waals surface area contributed by atoms with Gasteiger partial charge in [-0.1, -0.05) is 48.0 Å². The van der Waals surface area contributed by atoms with Crippen molar-refractivity contribution in [3.05, 3.63) is 69.5 Å². The van der Waals surface area contributed by atoms with Crippen LogP contribution in [-0.4, -0.2) is 10.1 Å². The smallest absolute Gasteiger partial charge is 0.134 e. The zero-order valence-corrected chi connectivity index (χ0v) is 13.5. The maximum atomic E-state index is 9.45. The monoisotopic (exact) mass is 338 g/mol. The number of nitrogens with zero attached hydrogens (tertiary/aromatic N) is 2. The Balaban J connectivity index is 1.96. The number of nitriles is 1. The van der Waals surface area contributed by atoms with Crippen LogP contribution in [0.25, 0.3) is 22.9 Å². The van der Waals surface area contributed by atoms with E-state index < -0.39 is 0 Å². The summed E-state index contributed by atoms with van der Waals surface area (Å²) in [6, 6.07) is 16.8. The number of halogens is 1. The zero-order chi connectivity index (χ0) is 16.2. The van der Waals surface area contributed by atoms with Gasteiger partial charge in [-0.2, -0.15) is 5.26 Å². The van der Waals surface area contributed by atoms with E-state index in [9.17, 15) is 10.4 Å². The third-order valence-electron chi connectivity index (χ3n) is 3.21. The van der Waals surface area contributed by atoms with Gasteiger partial charge in [0.15, 0.2) is 0 Å². The van der Waals surface area contributed by atoms with Gasteiger partial charge in [-0.25, -0.2) is 4.98 Å². The fraction of sp³-hybridized carbons (Fsp3) is 0. The Morgan fingerprint density at radius 1 is 1.22 bits per heavy atom. The molecule has 112 valence electrons. The SMILES string of the molecule is N#C/C(=C/c1ccc(O)c(Cl)c1)c1nc(-c2ccccc2)cs1. The van der Waals surface area contributed by atoms with Crippen molar-refractivity contribution >= 4 is 34.6 Å². The molecule has 5 heteroatoms. The van der Waals surface area contributed by atoms with Crippen molar-refractivity contribution in [1.29, 1.82) is 5.26 Å². The molecule has 0 bridgehead atoms. The number of hydrogen-bond acceptors (Lipinski definition) is 4. The topological polar surface area (TPSA) is 56.9 Å². The van der Waals surface area contributed by atoms with Gasteiger partial charge in [-0.05, 0) is 23.8 Å². The number of aromatic nitrogens is 1. The summed E-state index contributed by atoms with van der Waals surface area (Å²) in [5.41, 5.74) is 3.05. The summed E-state index contributed by atoms with van der Waals surface area (Å²) >= 11 is 7.31. The van der Waals surface area contributed by atoms with Crippen LogP contribution in [0.2, 0.25) is 5.02 Å². The molecule has 0 aliphatic rings. The standard InChI is InChI=1S/C18H11ClN2OS/c19-15-9-12(6-7-17(15)22)8-14(10-20)18-21-16(11-23-18)13-4-2-1-3-5-13/h1-9,11,22H/b14-8-. The van der Waals surface area contributed by atoms with E-state index in [1.54, 1.807) is 18.2 Å². The number of phenols is 1. The first-order valence-electron chi connectivity index (χ1n) is 6.79. The Morgan fingerprint density at radius 2 is 2.00 bits per heavy atom. The van der Waals surface area contributed by atoms with Gasteiger partial charge in [0.05, 0.1) is 16.3 Å². The predicted octanol–water partition coefficient (Wildman–Crippen LogP) is 5.23. The van der Waals surface area contributed by atoms with Gasteiger partial charge < -0.3 is 5.11 Å². The molecule has 1 N–H and O–H groups in total. The van der Waals surface area contributed by atoms with Gasteiger partial charge in [-0.15, -0.1) is 11.3 Å². The molecule has 0 atom stereocenters. The van der Waals surface area contributed by atoms with Gasteiger partial charge in [0, 0.05) is 10.9 Å². The molecular weight excluding hydrogens is 328 g/mol. The van der Waals surface area contributed by atoms with E-state index in [2.05, 4.69) is 11.1 Å². The molecule has 0 radical (unpaired) electrons. The Morgan fingerprint density at radius 3 is 2.70 bits per heavy atom. The van der Waals surface area contributed by atoms with E-state index in [1.165, 1.54) is 17.4 Å². The maximum absolute atomic E-state index is 9.45. The van der Waals surface area contributed by atoms with Crippen LogP contribution in [0.4, 0.5) is 0 Å². The molecule has 3 rings (SSSR count). The normalized spacial score (nSPS) is 11.2. The van der Waals surface area contributed by atoms with Gasteiger partial charge >= 0.3 is 0 Å². The lowest BCUT2D eigenvalue weighted by atomic mass is 10.1. The molecule has 0 spiro atoms. The molecule has 3 aromatic rings. The van der Waals surface area contributed by atoms with Crippen LogP contribution in [0.15, 0.2) is 53.9 Å². The molecule has 0 saturated heterocycles. The Hall–Kier alpha value is -2.61. The minimum atomic E-state index is 0.0166. The third kappa shape index (κ3) is 3.42. The molecule has 0 fully saturated rings. The Labute approximate surface area is 142 Å². The second-order valence-electron chi connectivity index (χ2n) is 4.78. The van der Waals surface area contributed by atoms with Crippen LogP contribution in [0, 0.1) is 11.3 Å². The molecular formula is C18H11ClN2OS. The summed E-state index contributed by atoms with van der Waals surface area (Å²) < 4.78 is 0. The van der Waals surface area contributed by atoms with E-state index in [1.807, 2.05) is 35.7 Å². The summed E-state index contributed by atoms with van der Waals surface area (Å²) in [5.74, 6) is 0.0166. The maximum Gasteiger partial charge on any atom is 0.134 e. The summed E-state index contributed by atoms with van der Waals surface area (Å²) in [5, 5.41) is 21.7. The van der Waals surface area contributed by atoms with Crippen molar-refractivity contribution in [3.63, 3.8) is 0 Å². The van der Waals surface area contributed by atoms with Crippen molar-refractivity contribution in [2.24, 2.45) is 0 Å². The first kappa shape index (κ1) is 15.3. The highest BCUT2D eigenvalue weighted by Gasteiger charge is 2.09. The third-order valence-corrected chi connectivity index (χ3v) is 4.39. The zero-order valence-electron chi connectivity index (χ0n) is 11.9. The van der Waals surface area contributed by atoms with Gasteiger partial charge in [-0.3, -0.25) is 0 Å². The fourth-order valence-electron chi connectivity index (χ4n) is 2.06. The van der Waals surface area contributed by atoms with Crippen LogP contribution < -0.4 is 0 Å². The van der Waals surface area contributed by atoms with Crippen LogP contribution in [0.3, 0.4) is 0 Å².